The second-order valence-corrected chi connectivity index (χ2v) is 8.93. The van der Waals surface area contributed by atoms with Gasteiger partial charge in [0.2, 0.25) is 5.91 Å². The Hall–Kier alpha value is -2.17. The van der Waals surface area contributed by atoms with Gasteiger partial charge in [-0.3, -0.25) is 4.79 Å². The van der Waals surface area contributed by atoms with Gasteiger partial charge in [-0.2, -0.15) is 0 Å². The van der Waals surface area contributed by atoms with Crippen LogP contribution in [-0.2, 0) is 17.8 Å². The zero-order valence-electron chi connectivity index (χ0n) is 18.3. The summed E-state index contributed by atoms with van der Waals surface area (Å²) in [5.41, 5.74) is 5.93. The van der Waals surface area contributed by atoms with Gasteiger partial charge < -0.3 is 14.9 Å². The first-order valence-corrected chi connectivity index (χ1v) is 11.4. The van der Waals surface area contributed by atoms with Crippen LogP contribution in [0.5, 0.6) is 0 Å². The highest BCUT2D eigenvalue weighted by atomic mass is 16.3. The summed E-state index contributed by atoms with van der Waals surface area (Å²) in [5, 5.41) is 10.1. The molecular weight excluding hydrogens is 372 g/mol. The first-order valence-electron chi connectivity index (χ1n) is 11.4. The SMILES string of the molecule is CCc1ccccc1-c1ccc(C2CCN(C(=O)C3CCN(C)CC3)C2)c(CO)c1. The molecule has 1 unspecified atom stereocenters. The summed E-state index contributed by atoms with van der Waals surface area (Å²) in [7, 11) is 2.13. The summed E-state index contributed by atoms with van der Waals surface area (Å²) in [6.45, 7) is 5.86. The molecule has 2 aromatic carbocycles. The van der Waals surface area contributed by atoms with E-state index in [-0.39, 0.29) is 12.5 Å². The average Bonchev–Trinajstić information content (AvgIpc) is 3.28. The van der Waals surface area contributed by atoms with Crippen LogP contribution >= 0.6 is 0 Å². The lowest BCUT2D eigenvalue weighted by molar-refractivity contribution is -0.135. The van der Waals surface area contributed by atoms with Gasteiger partial charge >= 0.3 is 0 Å². The molecule has 2 aromatic rings. The number of likely N-dealkylation sites (tertiary alicyclic amines) is 2. The number of benzene rings is 2. The molecular formula is C26H34N2O2. The third kappa shape index (κ3) is 4.30. The van der Waals surface area contributed by atoms with Crippen molar-refractivity contribution in [2.45, 2.75) is 45.1 Å². The average molecular weight is 407 g/mol. The first-order chi connectivity index (χ1) is 14.6. The molecule has 0 radical (unpaired) electrons. The standard InChI is InChI=1S/C26H34N2O2/c1-3-19-6-4-5-7-24(19)21-8-9-25(23(16-21)18-29)22-12-15-28(17-22)26(30)20-10-13-27(2)14-11-20/h4-9,16,20,22,29H,3,10-15,17-18H2,1-2H3. The molecule has 0 aromatic heterocycles. The zero-order valence-corrected chi connectivity index (χ0v) is 18.3. The Balaban J connectivity index is 1.50. The third-order valence-electron chi connectivity index (χ3n) is 7.03. The monoisotopic (exact) mass is 406 g/mol. The van der Waals surface area contributed by atoms with Crippen LogP contribution in [0, 0.1) is 5.92 Å². The number of carbonyl (C=O) groups excluding carboxylic acids is 1. The molecule has 0 bridgehead atoms. The highest BCUT2D eigenvalue weighted by molar-refractivity contribution is 5.79. The van der Waals surface area contributed by atoms with Crippen LogP contribution in [0.2, 0.25) is 0 Å². The molecule has 30 heavy (non-hydrogen) atoms. The van der Waals surface area contributed by atoms with Crippen molar-refractivity contribution < 1.29 is 9.90 Å². The van der Waals surface area contributed by atoms with Crippen molar-refractivity contribution in [2.24, 2.45) is 5.92 Å². The van der Waals surface area contributed by atoms with Gasteiger partial charge in [0.1, 0.15) is 0 Å². The summed E-state index contributed by atoms with van der Waals surface area (Å²) >= 11 is 0. The summed E-state index contributed by atoms with van der Waals surface area (Å²) < 4.78 is 0. The van der Waals surface area contributed by atoms with Crippen molar-refractivity contribution in [3.8, 4) is 11.1 Å². The number of rotatable bonds is 5. The fraction of sp³-hybridized carbons (Fsp3) is 0.500. The van der Waals surface area contributed by atoms with Crippen LogP contribution in [0.4, 0.5) is 0 Å². The minimum Gasteiger partial charge on any atom is -0.392 e. The predicted octanol–water partition coefficient (Wildman–Crippen LogP) is 4.07. The predicted molar refractivity (Wildman–Crippen MR) is 121 cm³/mol. The summed E-state index contributed by atoms with van der Waals surface area (Å²) in [6.07, 6.45) is 3.92. The Morgan fingerprint density at radius 1 is 1.03 bits per heavy atom. The Kier molecular flexibility index (Phi) is 6.55. The number of aryl methyl sites for hydroxylation is 1. The number of carbonyl (C=O) groups is 1. The van der Waals surface area contributed by atoms with Crippen molar-refractivity contribution in [3.05, 3.63) is 59.2 Å². The molecule has 2 aliphatic rings. The summed E-state index contributed by atoms with van der Waals surface area (Å²) in [6, 6.07) is 15.0. The van der Waals surface area contributed by atoms with Crippen LogP contribution in [-0.4, -0.2) is 54.0 Å². The van der Waals surface area contributed by atoms with Crippen LogP contribution < -0.4 is 0 Å². The van der Waals surface area contributed by atoms with E-state index < -0.39 is 0 Å². The maximum atomic E-state index is 13.0. The van der Waals surface area contributed by atoms with Crippen molar-refractivity contribution in [3.63, 3.8) is 0 Å². The van der Waals surface area contributed by atoms with Gasteiger partial charge in [-0.05, 0) is 79.7 Å². The first kappa shape index (κ1) is 21.1. The molecule has 2 heterocycles. The Bertz CT molecular complexity index is 886. The number of hydrogen-bond donors (Lipinski definition) is 1. The molecule has 160 valence electrons. The van der Waals surface area contributed by atoms with Crippen LogP contribution in [0.1, 0.15) is 48.8 Å². The Morgan fingerprint density at radius 3 is 2.53 bits per heavy atom. The van der Waals surface area contributed by atoms with Gasteiger partial charge in [-0.15, -0.1) is 0 Å². The topological polar surface area (TPSA) is 43.8 Å². The van der Waals surface area contributed by atoms with Crippen LogP contribution in [0.15, 0.2) is 42.5 Å². The number of hydrogen-bond acceptors (Lipinski definition) is 3. The van der Waals surface area contributed by atoms with Gasteiger partial charge in [0.15, 0.2) is 0 Å². The van der Waals surface area contributed by atoms with Crippen molar-refractivity contribution in [1.82, 2.24) is 9.80 Å². The van der Waals surface area contributed by atoms with E-state index in [0.717, 1.165) is 63.0 Å². The van der Waals surface area contributed by atoms with Gasteiger partial charge in [0.05, 0.1) is 6.61 Å². The molecule has 0 spiro atoms. The van der Waals surface area contributed by atoms with E-state index in [1.807, 2.05) is 0 Å². The zero-order chi connectivity index (χ0) is 21.1. The molecule has 1 atom stereocenters. The van der Waals surface area contributed by atoms with E-state index >= 15 is 0 Å². The van der Waals surface area contributed by atoms with E-state index in [2.05, 4.69) is 66.2 Å². The maximum absolute atomic E-state index is 13.0. The number of aliphatic hydroxyl groups is 1. The second-order valence-electron chi connectivity index (χ2n) is 8.93. The van der Waals surface area contributed by atoms with E-state index in [1.165, 1.54) is 16.7 Å². The largest absolute Gasteiger partial charge is 0.392 e. The number of nitrogens with zero attached hydrogens (tertiary/aromatic N) is 2. The molecule has 4 nitrogen and oxygen atoms in total. The quantitative estimate of drug-likeness (QED) is 0.814. The molecule has 2 saturated heterocycles. The molecule has 2 aliphatic heterocycles. The minimum absolute atomic E-state index is 0.0386. The molecule has 1 N–H and O–H groups in total. The van der Waals surface area contributed by atoms with Crippen LogP contribution in [0.3, 0.4) is 0 Å². The van der Waals surface area contributed by atoms with Gasteiger partial charge in [-0.25, -0.2) is 0 Å². The number of piperidine rings is 1. The van der Waals surface area contributed by atoms with E-state index in [0.29, 0.717) is 11.8 Å². The molecule has 2 fully saturated rings. The fourth-order valence-electron chi connectivity index (χ4n) is 5.15. The lowest BCUT2D eigenvalue weighted by Gasteiger charge is -2.31. The minimum atomic E-state index is 0.0386. The smallest absolute Gasteiger partial charge is 0.225 e. The lowest BCUT2D eigenvalue weighted by Crippen LogP contribution is -2.40. The number of amides is 1. The molecule has 0 saturated carbocycles. The van der Waals surface area contributed by atoms with Crippen molar-refractivity contribution >= 4 is 5.91 Å². The van der Waals surface area contributed by atoms with E-state index in [1.54, 1.807) is 0 Å². The fourth-order valence-corrected chi connectivity index (χ4v) is 5.15. The summed E-state index contributed by atoms with van der Waals surface area (Å²) in [4.78, 5) is 17.4. The lowest BCUT2D eigenvalue weighted by atomic mass is 9.89. The molecule has 1 amide bonds. The third-order valence-corrected chi connectivity index (χ3v) is 7.03. The van der Waals surface area contributed by atoms with E-state index in [9.17, 15) is 9.90 Å². The van der Waals surface area contributed by atoms with Crippen molar-refractivity contribution in [2.75, 3.05) is 33.2 Å². The van der Waals surface area contributed by atoms with E-state index in [4.69, 9.17) is 0 Å². The Morgan fingerprint density at radius 2 is 1.80 bits per heavy atom. The molecule has 4 rings (SSSR count). The van der Waals surface area contributed by atoms with Crippen molar-refractivity contribution in [1.29, 1.82) is 0 Å². The highest BCUT2D eigenvalue weighted by Gasteiger charge is 2.33. The normalized spacial score (nSPS) is 20.6. The Labute approximate surface area is 180 Å². The second kappa shape index (κ2) is 9.32. The molecule has 4 heteroatoms. The molecule has 0 aliphatic carbocycles. The van der Waals surface area contributed by atoms with Gasteiger partial charge in [0.25, 0.3) is 0 Å². The highest BCUT2D eigenvalue weighted by Crippen LogP contribution is 2.34. The van der Waals surface area contributed by atoms with Gasteiger partial charge in [-0.1, -0.05) is 43.3 Å². The van der Waals surface area contributed by atoms with Crippen LogP contribution in [0.25, 0.3) is 11.1 Å². The summed E-state index contributed by atoms with van der Waals surface area (Å²) in [5.74, 6) is 0.840. The number of aliphatic hydroxyl groups excluding tert-OH is 1. The maximum Gasteiger partial charge on any atom is 0.225 e. The van der Waals surface area contributed by atoms with Gasteiger partial charge in [0, 0.05) is 24.9 Å².